The first-order chi connectivity index (χ1) is 9.65. The minimum Gasteiger partial charge on any atom is -0.508 e. The lowest BCUT2D eigenvalue weighted by molar-refractivity contribution is 0.308. The summed E-state index contributed by atoms with van der Waals surface area (Å²) in [4.78, 5) is 0. The molecule has 0 radical (unpaired) electrons. The zero-order valence-electron chi connectivity index (χ0n) is 11.7. The summed E-state index contributed by atoms with van der Waals surface area (Å²) in [5, 5.41) is 17.3. The van der Waals surface area contributed by atoms with Crippen LogP contribution in [0.5, 0.6) is 5.75 Å². The molecule has 108 valence electrons. The molecule has 2 atom stereocenters. The van der Waals surface area contributed by atoms with Gasteiger partial charge in [0.05, 0.1) is 6.21 Å². The summed E-state index contributed by atoms with van der Waals surface area (Å²) >= 11 is 5.24. The summed E-state index contributed by atoms with van der Waals surface area (Å²) < 4.78 is 0. The van der Waals surface area contributed by atoms with Crippen molar-refractivity contribution in [2.45, 2.75) is 38.6 Å². The molecule has 0 aromatic heterocycles. The third-order valence-electron chi connectivity index (χ3n) is 3.68. The molecule has 5 heteroatoms. The molecule has 3 N–H and O–H groups in total. The monoisotopic (exact) mass is 291 g/mol. The van der Waals surface area contributed by atoms with Crippen molar-refractivity contribution in [1.29, 1.82) is 0 Å². The quantitative estimate of drug-likeness (QED) is 0.455. The molecular weight excluding hydrogens is 270 g/mol. The van der Waals surface area contributed by atoms with Crippen LogP contribution in [0.3, 0.4) is 0 Å². The van der Waals surface area contributed by atoms with E-state index < -0.39 is 0 Å². The van der Waals surface area contributed by atoms with Crippen LogP contribution < -0.4 is 10.7 Å². The van der Waals surface area contributed by atoms with Gasteiger partial charge in [0.2, 0.25) is 0 Å². The van der Waals surface area contributed by atoms with Gasteiger partial charge in [-0.25, -0.2) is 0 Å². The fraction of sp³-hybridized carbons (Fsp3) is 0.467. The first-order valence-electron chi connectivity index (χ1n) is 7.04. The Bertz CT molecular complexity index is 490. The normalized spacial score (nSPS) is 22.6. The largest absolute Gasteiger partial charge is 0.508 e. The predicted molar refractivity (Wildman–Crippen MR) is 86.0 cm³/mol. The Hall–Kier alpha value is -1.62. The van der Waals surface area contributed by atoms with Crippen LogP contribution in [0.4, 0.5) is 0 Å². The van der Waals surface area contributed by atoms with Crippen LogP contribution in [0.15, 0.2) is 29.4 Å². The molecule has 1 saturated carbocycles. The second-order valence-electron chi connectivity index (χ2n) is 5.31. The highest BCUT2D eigenvalue weighted by Crippen LogP contribution is 2.23. The highest BCUT2D eigenvalue weighted by Gasteiger charge is 2.21. The fourth-order valence-corrected chi connectivity index (χ4v) is 2.71. The molecule has 20 heavy (non-hydrogen) atoms. The zero-order chi connectivity index (χ0) is 14.4. The van der Waals surface area contributed by atoms with E-state index >= 15 is 0 Å². The number of thiocarbonyl (C=S) groups is 1. The van der Waals surface area contributed by atoms with Gasteiger partial charge in [0.25, 0.3) is 0 Å². The minimum absolute atomic E-state index is 0.227. The van der Waals surface area contributed by atoms with Gasteiger partial charge in [0.1, 0.15) is 5.75 Å². The Morgan fingerprint density at radius 3 is 2.95 bits per heavy atom. The predicted octanol–water partition coefficient (Wildman–Crippen LogP) is 2.77. The maximum atomic E-state index is 9.35. The molecule has 0 spiro atoms. The van der Waals surface area contributed by atoms with E-state index in [4.69, 9.17) is 12.2 Å². The van der Waals surface area contributed by atoms with Crippen LogP contribution in [-0.4, -0.2) is 22.5 Å². The molecule has 1 aromatic rings. The molecule has 0 amide bonds. The van der Waals surface area contributed by atoms with Crippen LogP contribution in [0.25, 0.3) is 0 Å². The molecule has 2 rings (SSSR count). The number of aromatic hydroxyl groups is 1. The van der Waals surface area contributed by atoms with Crippen LogP contribution >= 0.6 is 12.2 Å². The van der Waals surface area contributed by atoms with Crippen molar-refractivity contribution in [3.05, 3.63) is 29.8 Å². The summed E-state index contributed by atoms with van der Waals surface area (Å²) in [6.45, 7) is 2.26. The minimum atomic E-state index is 0.227. The standard InChI is InChI=1S/C15H21N3OS/c1-11-5-2-3-8-14(11)17-15(20)18-16-10-12-6-4-7-13(19)9-12/h4,6-7,9-11,14,19H,2-3,5,8H2,1H3,(H2,17,18,20)/b16-10-/t11-,14-/m0/s1. The number of nitrogens with zero attached hydrogens (tertiary/aromatic N) is 1. The lowest BCUT2D eigenvalue weighted by Gasteiger charge is -2.30. The topological polar surface area (TPSA) is 56.7 Å². The van der Waals surface area contributed by atoms with Gasteiger partial charge in [-0.1, -0.05) is 31.9 Å². The summed E-state index contributed by atoms with van der Waals surface area (Å²) in [6.07, 6.45) is 6.64. The fourth-order valence-electron chi connectivity index (χ4n) is 2.50. The number of rotatable bonds is 3. The van der Waals surface area contributed by atoms with E-state index in [-0.39, 0.29) is 5.75 Å². The van der Waals surface area contributed by atoms with E-state index in [0.717, 1.165) is 5.56 Å². The Kier molecular flexibility index (Phi) is 5.35. The van der Waals surface area contributed by atoms with E-state index in [1.165, 1.54) is 25.7 Å². The van der Waals surface area contributed by atoms with E-state index in [0.29, 0.717) is 17.1 Å². The molecule has 0 heterocycles. The molecule has 4 nitrogen and oxygen atoms in total. The molecule has 0 saturated heterocycles. The van der Waals surface area contributed by atoms with Crippen molar-refractivity contribution < 1.29 is 5.11 Å². The average molecular weight is 291 g/mol. The number of phenolic OH excluding ortho intramolecular Hbond substituents is 1. The second kappa shape index (κ2) is 7.24. The molecule has 0 bridgehead atoms. The average Bonchev–Trinajstić information content (AvgIpc) is 2.41. The highest BCUT2D eigenvalue weighted by molar-refractivity contribution is 7.80. The number of hydrogen-bond donors (Lipinski definition) is 3. The molecule has 1 aromatic carbocycles. The second-order valence-corrected chi connectivity index (χ2v) is 5.71. The molecule has 1 aliphatic carbocycles. The maximum absolute atomic E-state index is 9.35. The summed E-state index contributed by atoms with van der Waals surface area (Å²) in [6, 6.07) is 7.35. The maximum Gasteiger partial charge on any atom is 0.187 e. The van der Waals surface area contributed by atoms with Crippen LogP contribution in [0.2, 0.25) is 0 Å². The van der Waals surface area contributed by atoms with Crippen LogP contribution in [0.1, 0.15) is 38.2 Å². The molecule has 0 aliphatic heterocycles. The van der Waals surface area contributed by atoms with Gasteiger partial charge in [0.15, 0.2) is 5.11 Å². The SMILES string of the molecule is C[C@H]1CCCC[C@@H]1NC(=S)N/N=C\c1cccc(O)c1. The number of phenols is 1. The molecular formula is C15H21N3OS. The third-order valence-corrected chi connectivity index (χ3v) is 3.89. The van der Waals surface area contributed by atoms with E-state index in [9.17, 15) is 5.11 Å². The van der Waals surface area contributed by atoms with Crippen LogP contribution in [-0.2, 0) is 0 Å². The van der Waals surface area contributed by atoms with Gasteiger partial charge >= 0.3 is 0 Å². The Labute approximate surface area is 125 Å². The van der Waals surface area contributed by atoms with Gasteiger partial charge in [-0.2, -0.15) is 5.10 Å². The summed E-state index contributed by atoms with van der Waals surface area (Å²) in [5.74, 6) is 0.879. The zero-order valence-corrected chi connectivity index (χ0v) is 12.5. The first-order valence-corrected chi connectivity index (χ1v) is 7.44. The Balaban J connectivity index is 1.80. The lowest BCUT2D eigenvalue weighted by atomic mass is 9.86. The molecule has 1 aliphatic rings. The number of benzene rings is 1. The highest BCUT2D eigenvalue weighted by atomic mass is 32.1. The number of hydrazone groups is 1. The van der Waals surface area contributed by atoms with Crippen molar-refractivity contribution in [2.24, 2.45) is 11.0 Å². The summed E-state index contributed by atoms with van der Waals surface area (Å²) in [7, 11) is 0. The number of nitrogens with one attached hydrogen (secondary N) is 2. The first kappa shape index (κ1) is 14.8. The van der Waals surface area contributed by atoms with Gasteiger partial charge in [0, 0.05) is 6.04 Å². The van der Waals surface area contributed by atoms with Crippen molar-refractivity contribution in [3.63, 3.8) is 0 Å². The van der Waals surface area contributed by atoms with Gasteiger partial charge in [-0.15, -0.1) is 0 Å². The van der Waals surface area contributed by atoms with Crippen molar-refractivity contribution in [1.82, 2.24) is 10.7 Å². The van der Waals surface area contributed by atoms with Crippen molar-refractivity contribution in [3.8, 4) is 5.75 Å². The van der Waals surface area contributed by atoms with Crippen LogP contribution in [0, 0.1) is 5.92 Å². The van der Waals surface area contributed by atoms with Gasteiger partial charge < -0.3 is 10.4 Å². The number of hydrogen-bond acceptors (Lipinski definition) is 3. The van der Waals surface area contributed by atoms with Gasteiger partial charge in [-0.3, -0.25) is 5.43 Å². The molecule has 0 unspecified atom stereocenters. The molecule has 1 fully saturated rings. The van der Waals surface area contributed by atoms with E-state index in [2.05, 4.69) is 22.8 Å². The van der Waals surface area contributed by atoms with E-state index in [1.807, 2.05) is 6.07 Å². The van der Waals surface area contributed by atoms with Crippen molar-refractivity contribution in [2.75, 3.05) is 0 Å². The van der Waals surface area contributed by atoms with Crippen molar-refractivity contribution >= 4 is 23.5 Å². The summed E-state index contributed by atoms with van der Waals surface area (Å²) in [5.41, 5.74) is 3.65. The Morgan fingerprint density at radius 2 is 2.20 bits per heavy atom. The van der Waals surface area contributed by atoms with Gasteiger partial charge in [-0.05, 0) is 48.7 Å². The van der Waals surface area contributed by atoms with E-state index in [1.54, 1.807) is 24.4 Å². The Morgan fingerprint density at radius 1 is 1.40 bits per heavy atom. The lowest BCUT2D eigenvalue weighted by Crippen LogP contribution is -2.44. The third kappa shape index (κ3) is 4.49. The smallest absolute Gasteiger partial charge is 0.187 e.